The standard InChI is InChI=1S/C10H11N3OS/c11-10(14)13-12-8-5-6-15-9-4-2-1-3-7(8)9/h1-4H,5-6H2,(H3,11,13,14). The molecule has 78 valence electrons. The van der Waals surface area contributed by atoms with Gasteiger partial charge in [0.15, 0.2) is 0 Å². The minimum Gasteiger partial charge on any atom is -0.350 e. The molecule has 3 N–H and O–H groups in total. The third kappa shape index (κ3) is 2.30. The summed E-state index contributed by atoms with van der Waals surface area (Å²) in [5.74, 6) is 0.982. The molecule has 0 saturated carbocycles. The molecule has 4 nitrogen and oxygen atoms in total. The predicted octanol–water partition coefficient (Wildman–Crippen LogP) is 1.55. The smallest absolute Gasteiger partial charge is 0.332 e. The number of thioether (sulfide) groups is 1. The quantitative estimate of drug-likeness (QED) is 0.706. The van der Waals surface area contributed by atoms with Gasteiger partial charge in [0.05, 0.1) is 5.71 Å². The Kier molecular flexibility index (Phi) is 2.91. The van der Waals surface area contributed by atoms with Crippen molar-refractivity contribution in [3.63, 3.8) is 0 Å². The molecule has 2 rings (SSSR count). The minimum absolute atomic E-state index is 0.627. The van der Waals surface area contributed by atoms with Crippen molar-refractivity contribution in [2.75, 3.05) is 5.75 Å². The van der Waals surface area contributed by atoms with Gasteiger partial charge in [0.2, 0.25) is 0 Å². The number of hydrogen-bond donors (Lipinski definition) is 2. The molecule has 0 saturated heterocycles. The van der Waals surface area contributed by atoms with E-state index in [0.717, 1.165) is 23.4 Å². The fraction of sp³-hybridized carbons (Fsp3) is 0.200. The van der Waals surface area contributed by atoms with Crippen LogP contribution in [0.1, 0.15) is 12.0 Å². The molecule has 0 bridgehead atoms. The highest BCUT2D eigenvalue weighted by Gasteiger charge is 2.15. The predicted molar refractivity (Wildman–Crippen MR) is 61.0 cm³/mol. The summed E-state index contributed by atoms with van der Waals surface area (Å²) in [5.41, 5.74) is 9.22. The zero-order chi connectivity index (χ0) is 10.7. The number of nitrogens with two attached hydrogens (primary N) is 1. The van der Waals surface area contributed by atoms with E-state index in [1.807, 2.05) is 18.2 Å². The number of primary amides is 1. The summed E-state index contributed by atoms with van der Waals surface area (Å²) in [5, 5.41) is 4.00. The molecule has 0 atom stereocenters. The van der Waals surface area contributed by atoms with E-state index in [0.29, 0.717) is 0 Å². The second kappa shape index (κ2) is 4.35. The van der Waals surface area contributed by atoms with Crippen LogP contribution in [0.4, 0.5) is 4.79 Å². The summed E-state index contributed by atoms with van der Waals surface area (Å²) in [6, 6.07) is 7.39. The number of amides is 2. The highest BCUT2D eigenvalue weighted by atomic mass is 32.2. The molecule has 1 aliphatic rings. The van der Waals surface area contributed by atoms with E-state index in [2.05, 4.69) is 16.6 Å². The summed E-state index contributed by atoms with van der Waals surface area (Å²) < 4.78 is 0. The van der Waals surface area contributed by atoms with Crippen molar-refractivity contribution in [1.29, 1.82) is 0 Å². The maximum atomic E-state index is 10.6. The Morgan fingerprint density at radius 2 is 2.27 bits per heavy atom. The molecule has 1 aromatic rings. The van der Waals surface area contributed by atoms with E-state index < -0.39 is 6.03 Å². The molecule has 0 fully saturated rings. The Labute approximate surface area is 91.9 Å². The van der Waals surface area contributed by atoms with Gasteiger partial charge in [0.25, 0.3) is 0 Å². The Morgan fingerprint density at radius 1 is 1.47 bits per heavy atom. The van der Waals surface area contributed by atoms with Gasteiger partial charge in [-0.3, -0.25) is 0 Å². The van der Waals surface area contributed by atoms with Gasteiger partial charge in [-0.25, -0.2) is 10.2 Å². The van der Waals surface area contributed by atoms with Gasteiger partial charge in [-0.1, -0.05) is 18.2 Å². The second-order valence-electron chi connectivity index (χ2n) is 3.13. The molecule has 2 amide bonds. The minimum atomic E-state index is -0.627. The Balaban J connectivity index is 2.29. The third-order valence-corrected chi connectivity index (χ3v) is 3.17. The lowest BCUT2D eigenvalue weighted by Gasteiger charge is -2.16. The van der Waals surface area contributed by atoms with Crippen molar-refractivity contribution < 1.29 is 4.79 Å². The number of nitrogens with zero attached hydrogens (tertiary/aromatic N) is 1. The van der Waals surface area contributed by atoms with E-state index in [-0.39, 0.29) is 0 Å². The fourth-order valence-electron chi connectivity index (χ4n) is 1.46. The number of rotatable bonds is 1. The van der Waals surface area contributed by atoms with Crippen molar-refractivity contribution in [2.45, 2.75) is 11.3 Å². The first-order valence-corrected chi connectivity index (χ1v) is 5.60. The molecule has 1 aliphatic heterocycles. The van der Waals surface area contributed by atoms with Crippen LogP contribution in [0.2, 0.25) is 0 Å². The number of carbonyl (C=O) groups excluding carboxylic acids is 1. The van der Waals surface area contributed by atoms with Crippen LogP contribution in [-0.2, 0) is 0 Å². The zero-order valence-corrected chi connectivity index (χ0v) is 8.88. The van der Waals surface area contributed by atoms with Crippen LogP contribution < -0.4 is 11.2 Å². The van der Waals surface area contributed by atoms with Crippen LogP contribution in [0.5, 0.6) is 0 Å². The highest BCUT2D eigenvalue weighted by molar-refractivity contribution is 7.99. The number of carbonyl (C=O) groups is 1. The van der Waals surface area contributed by atoms with Crippen LogP contribution >= 0.6 is 11.8 Å². The van der Waals surface area contributed by atoms with Crippen molar-refractivity contribution in [3.05, 3.63) is 29.8 Å². The van der Waals surface area contributed by atoms with Gasteiger partial charge in [-0.2, -0.15) is 5.10 Å². The summed E-state index contributed by atoms with van der Waals surface area (Å²) in [6.45, 7) is 0. The van der Waals surface area contributed by atoms with E-state index in [4.69, 9.17) is 5.73 Å². The Hall–Kier alpha value is -1.49. The van der Waals surface area contributed by atoms with Gasteiger partial charge >= 0.3 is 6.03 Å². The lowest BCUT2D eigenvalue weighted by Crippen LogP contribution is -2.26. The molecule has 0 aromatic heterocycles. The highest BCUT2D eigenvalue weighted by Crippen LogP contribution is 2.29. The maximum Gasteiger partial charge on any atom is 0.332 e. The van der Waals surface area contributed by atoms with Gasteiger partial charge in [-0.15, -0.1) is 11.8 Å². The lowest BCUT2D eigenvalue weighted by atomic mass is 10.1. The van der Waals surface area contributed by atoms with E-state index >= 15 is 0 Å². The number of benzene rings is 1. The SMILES string of the molecule is NC(=O)NN=C1CCSc2ccccc21. The van der Waals surface area contributed by atoms with Gasteiger partial charge < -0.3 is 5.73 Å². The number of urea groups is 1. The van der Waals surface area contributed by atoms with E-state index in [1.165, 1.54) is 4.90 Å². The van der Waals surface area contributed by atoms with Crippen LogP contribution in [0.3, 0.4) is 0 Å². The van der Waals surface area contributed by atoms with Crippen LogP contribution in [0.25, 0.3) is 0 Å². The van der Waals surface area contributed by atoms with E-state index in [9.17, 15) is 4.79 Å². The molecule has 0 unspecified atom stereocenters. The molecular formula is C10H11N3OS. The van der Waals surface area contributed by atoms with Crippen molar-refractivity contribution in [3.8, 4) is 0 Å². The lowest BCUT2D eigenvalue weighted by molar-refractivity contribution is 0.249. The molecule has 0 aliphatic carbocycles. The second-order valence-corrected chi connectivity index (χ2v) is 4.27. The normalized spacial score (nSPS) is 17.2. The van der Waals surface area contributed by atoms with Crippen molar-refractivity contribution in [2.24, 2.45) is 10.8 Å². The average Bonchev–Trinajstić information content (AvgIpc) is 2.26. The number of hydrogen-bond acceptors (Lipinski definition) is 3. The molecule has 0 radical (unpaired) electrons. The fourth-order valence-corrected chi connectivity index (χ4v) is 2.49. The molecule has 1 aromatic carbocycles. The van der Waals surface area contributed by atoms with Crippen molar-refractivity contribution >= 4 is 23.5 Å². The molecular weight excluding hydrogens is 210 g/mol. The van der Waals surface area contributed by atoms with Crippen molar-refractivity contribution in [1.82, 2.24) is 5.43 Å². The van der Waals surface area contributed by atoms with E-state index in [1.54, 1.807) is 11.8 Å². The zero-order valence-electron chi connectivity index (χ0n) is 8.06. The van der Waals surface area contributed by atoms with Crippen LogP contribution in [0, 0.1) is 0 Å². The number of fused-ring (bicyclic) bond motifs is 1. The van der Waals surface area contributed by atoms with Crippen LogP contribution in [0.15, 0.2) is 34.3 Å². The summed E-state index contributed by atoms with van der Waals surface area (Å²) >= 11 is 1.80. The average molecular weight is 221 g/mol. The molecule has 15 heavy (non-hydrogen) atoms. The van der Waals surface area contributed by atoms with Crippen LogP contribution in [-0.4, -0.2) is 17.5 Å². The van der Waals surface area contributed by atoms with Gasteiger partial charge in [0, 0.05) is 22.6 Å². The Morgan fingerprint density at radius 3 is 3.07 bits per heavy atom. The summed E-state index contributed by atoms with van der Waals surface area (Å²) in [7, 11) is 0. The monoisotopic (exact) mass is 221 g/mol. The third-order valence-electron chi connectivity index (χ3n) is 2.10. The maximum absolute atomic E-state index is 10.6. The molecule has 1 heterocycles. The topological polar surface area (TPSA) is 67.5 Å². The first-order valence-electron chi connectivity index (χ1n) is 4.61. The summed E-state index contributed by atoms with van der Waals surface area (Å²) in [4.78, 5) is 11.8. The van der Waals surface area contributed by atoms with Gasteiger partial charge in [0.1, 0.15) is 0 Å². The number of nitrogens with one attached hydrogen (secondary N) is 1. The summed E-state index contributed by atoms with van der Waals surface area (Å²) in [6.07, 6.45) is 0.849. The Bertz CT molecular complexity index is 417. The molecule has 0 spiro atoms. The first-order chi connectivity index (χ1) is 7.27. The van der Waals surface area contributed by atoms with Gasteiger partial charge in [-0.05, 0) is 6.07 Å². The number of hydrazone groups is 1. The first kappa shape index (κ1) is 10.0. The molecule has 5 heteroatoms. The largest absolute Gasteiger partial charge is 0.350 e.